The van der Waals surface area contributed by atoms with E-state index in [0.717, 1.165) is 0 Å². The summed E-state index contributed by atoms with van der Waals surface area (Å²) in [4.78, 5) is 40.6. The second-order valence-electron chi connectivity index (χ2n) is 7.88. The highest BCUT2D eigenvalue weighted by Gasteiger charge is 2.29. The van der Waals surface area contributed by atoms with Crippen LogP contribution in [-0.4, -0.2) is 73.5 Å². The van der Waals surface area contributed by atoms with Crippen molar-refractivity contribution in [3.8, 4) is 5.75 Å². The molecule has 1 aliphatic heterocycles. The first-order valence-corrected chi connectivity index (χ1v) is 10.3. The quantitative estimate of drug-likeness (QED) is 0.813. The maximum absolute atomic E-state index is 13.2. The molecule has 1 N–H and O–H groups in total. The highest BCUT2D eigenvalue weighted by atomic mass is 16.5. The Labute approximate surface area is 178 Å². The molecule has 3 atom stereocenters. The number of hydrogen-bond acceptors (Lipinski definition) is 5. The number of fused-ring (bicyclic) bond motifs is 1. The van der Waals surface area contributed by atoms with E-state index in [1.54, 1.807) is 56.0 Å². The lowest BCUT2D eigenvalue weighted by Gasteiger charge is -2.35. The van der Waals surface area contributed by atoms with Crippen molar-refractivity contribution in [3.63, 3.8) is 0 Å². The lowest BCUT2D eigenvalue weighted by molar-refractivity contribution is -0.133. The summed E-state index contributed by atoms with van der Waals surface area (Å²) in [6.45, 7) is 8.35. The predicted molar refractivity (Wildman–Crippen MR) is 115 cm³/mol. The smallest absolute Gasteiger partial charge is 0.257 e. The minimum atomic E-state index is -0.236. The summed E-state index contributed by atoms with van der Waals surface area (Å²) in [6.07, 6.45) is 0.104. The normalized spacial score (nSPS) is 23.0. The average molecular weight is 420 g/mol. The zero-order valence-corrected chi connectivity index (χ0v) is 18.7. The monoisotopic (exact) mass is 419 g/mol. The Balaban J connectivity index is 2.44. The predicted octanol–water partition coefficient (Wildman–Crippen LogP) is 2.39. The standard InChI is InChI=1S/C22H33N3O5/c1-7-21(27)23-17-8-9-19-18(10-17)22(28)24(5)12-20(29-6)14(2)11-25(16(4)26)15(3)13-30-19/h8-10,14-15,20H,7,11-13H2,1-6H3,(H,23,27)/t14-,15-,20+/m0/s1. The largest absolute Gasteiger partial charge is 0.491 e. The first-order valence-electron chi connectivity index (χ1n) is 10.3. The van der Waals surface area contributed by atoms with Gasteiger partial charge < -0.3 is 24.6 Å². The van der Waals surface area contributed by atoms with Crippen LogP contribution in [0.2, 0.25) is 0 Å². The number of anilines is 1. The Morgan fingerprint density at radius 1 is 1.27 bits per heavy atom. The molecular weight excluding hydrogens is 386 g/mol. The number of rotatable bonds is 3. The molecule has 0 fully saturated rings. The van der Waals surface area contributed by atoms with Gasteiger partial charge >= 0.3 is 0 Å². The number of carbonyl (C=O) groups is 3. The summed E-state index contributed by atoms with van der Waals surface area (Å²) in [7, 11) is 3.32. The van der Waals surface area contributed by atoms with Crippen molar-refractivity contribution in [2.75, 3.05) is 39.2 Å². The van der Waals surface area contributed by atoms with E-state index in [1.807, 2.05) is 13.8 Å². The molecule has 0 aromatic heterocycles. The molecule has 1 heterocycles. The van der Waals surface area contributed by atoms with Gasteiger partial charge in [-0.2, -0.15) is 0 Å². The van der Waals surface area contributed by atoms with Crippen LogP contribution in [0.5, 0.6) is 5.75 Å². The van der Waals surface area contributed by atoms with E-state index in [2.05, 4.69) is 5.32 Å². The van der Waals surface area contributed by atoms with E-state index in [0.29, 0.717) is 36.5 Å². The van der Waals surface area contributed by atoms with Crippen LogP contribution in [0.1, 0.15) is 44.5 Å². The fourth-order valence-corrected chi connectivity index (χ4v) is 3.54. The molecule has 3 amide bonds. The molecule has 166 valence electrons. The van der Waals surface area contributed by atoms with Crippen molar-refractivity contribution in [2.24, 2.45) is 5.92 Å². The van der Waals surface area contributed by atoms with Gasteiger partial charge in [0.2, 0.25) is 11.8 Å². The van der Waals surface area contributed by atoms with Gasteiger partial charge in [0.15, 0.2) is 0 Å². The number of ether oxygens (including phenoxy) is 2. The molecular formula is C22H33N3O5. The second kappa shape index (κ2) is 10.4. The van der Waals surface area contributed by atoms with E-state index in [1.165, 1.54) is 0 Å². The molecule has 1 aromatic carbocycles. The van der Waals surface area contributed by atoms with Crippen molar-refractivity contribution in [1.29, 1.82) is 0 Å². The molecule has 0 spiro atoms. The average Bonchev–Trinajstić information content (AvgIpc) is 2.72. The molecule has 0 aliphatic carbocycles. The van der Waals surface area contributed by atoms with Crippen LogP contribution < -0.4 is 10.1 Å². The lowest BCUT2D eigenvalue weighted by Crippen LogP contribution is -2.48. The minimum absolute atomic E-state index is 0.0191. The van der Waals surface area contributed by atoms with Crippen LogP contribution >= 0.6 is 0 Å². The Morgan fingerprint density at radius 3 is 2.57 bits per heavy atom. The van der Waals surface area contributed by atoms with Crippen LogP contribution in [0.4, 0.5) is 5.69 Å². The summed E-state index contributed by atoms with van der Waals surface area (Å²) in [5, 5.41) is 2.78. The van der Waals surface area contributed by atoms with Gasteiger partial charge in [-0.25, -0.2) is 0 Å². The van der Waals surface area contributed by atoms with Crippen molar-refractivity contribution < 1.29 is 23.9 Å². The Hall–Kier alpha value is -2.61. The van der Waals surface area contributed by atoms with E-state index in [-0.39, 0.29) is 42.4 Å². The zero-order valence-electron chi connectivity index (χ0n) is 18.7. The van der Waals surface area contributed by atoms with Crippen LogP contribution in [-0.2, 0) is 14.3 Å². The van der Waals surface area contributed by atoms with Crippen LogP contribution in [0, 0.1) is 5.92 Å². The van der Waals surface area contributed by atoms with Crippen molar-refractivity contribution in [1.82, 2.24) is 9.80 Å². The van der Waals surface area contributed by atoms with Crippen LogP contribution in [0.25, 0.3) is 0 Å². The van der Waals surface area contributed by atoms with E-state index in [4.69, 9.17) is 9.47 Å². The number of likely N-dealkylation sites (N-methyl/N-ethyl adjacent to an activating group) is 1. The van der Waals surface area contributed by atoms with Crippen molar-refractivity contribution in [3.05, 3.63) is 23.8 Å². The first kappa shape index (κ1) is 23.7. The van der Waals surface area contributed by atoms with Gasteiger partial charge in [-0.05, 0) is 25.1 Å². The van der Waals surface area contributed by atoms with E-state index >= 15 is 0 Å². The number of nitrogens with one attached hydrogen (secondary N) is 1. The third kappa shape index (κ3) is 5.72. The maximum atomic E-state index is 13.2. The highest BCUT2D eigenvalue weighted by molar-refractivity contribution is 5.99. The summed E-state index contributed by atoms with van der Waals surface area (Å²) in [5.41, 5.74) is 0.893. The SMILES string of the molecule is CCC(=O)Nc1ccc2c(c1)C(=O)N(C)C[C@@H](OC)[C@@H](C)CN(C(C)=O)[C@@H](C)CO2. The van der Waals surface area contributed by atoms with Gasteiger partial charge in [-0.3, -0.25) is 14.4 Å². The third-order valence-electron chi connectivity index (χ3n) is 5.45. The fraction of sp³-hybridized carbons (Fsp3) is 0.591. The summed E-state index contributed by atoms with van der Waals surface area (Å²) in [5.74, 6) is 0.0458. The molecule has 1 aliphatic rings. The van der Waals surface area contributed by atoms with Crippen LogP contribution in [0.15, 0.2) is 18.2 Å². The van der Waals surface area contributed by atoms with Gasteiger partial charge in [0.05, 0.1) is 17.7 Å². The Bertz CT molecular complexity index is 782. The van der Waals surface area contributed by atoms with Gasteiger partial charge in [0.25, 0.3) is 5.91 Å². The number of hydrogen-bond donors (Lipinski definition) is 1. The summed E-state index contributed by atoms with van der Waals surface area (Å²) < 4.78 is 11.6. The van der Waals surface area contributed by atoms with Gasteiger partial charge in [-0.1, -0.05) is 13.8 Å². The fourth-order valence-electron chi connectivity index (χ4n) is 3.54. The number of carbonyl (C=O) groups excluding carboxylic acids is 3. The molecule has 8 nitrogen and oxygen atoms in total. The zero-order chi connectivity index (χ0) is 22.4. The molecule has 0 radical (unpaired) electrons. The number of benzene rings is 1. The van der Waals surface area contributed by atoms with Crippen molar-refractivity contribution >= 4 is 23.4 Å². The Morgan fingerprint density at radius 2 is 1.97 bits per heavy atom. The molecule has 1 aromatic rings. The lowest BCUT2D eigenvalue weighted by atomic mass is 10.0. The molecule has 0 saturated heterocycles. The van der Waals surface area contributed by atoms with Crippen molar-refractivity contribution in [2.45, 2.75) is 46.3 Å². The summed E-state index contributed by atoms with van der Waals surface area (Å²) in [6, 6.07) is 4.84. The number of methoxy groups -OCH3 is 1. The molecule has 30 heavy (non-hydrogen) atoms. The van der Waals surface area contributed by atoms with Gasteiger partial charge in [0.1, 0.15) is 12.4 Å². The van der Waals surface area contributed by atoms with Gasteiger partial charge in [0, 0.05) is 52.2 Å². The molecule has 2 rings (SSSR count). The minimum Gasteiger partial charge on any atom is -0.491 e. The first-order chi connectivity index (χ1) is 14.2. The summed E-state index contributed by atoms with van der Waals surface area (Å²) >= 11 is 0. The van der Waals surface area contributed by atoms with Crippen LogP contribution in [0.3, 0.4) is 0 Å². The molecule has 0 bridgehead atoms. The third-order valence-corrected chi connectivity index (χ3v) is 5.45. The number of amides is 3. The molecule has 0 saturated carbocycles. The molecule has 8 heteroatoms. The Kier molecular flexibility index (Phi) is 8.23. The second-order valence-corrected chi connectivity index (χ2v) is 7.88. The number of nitrogens with zero attached hydrogens (tertiary/aromatic N) is 2. The van der Waals surface area contributed by atoms with E-state index in [9.17, 15) is 14.4 Å². The van der Waals surface area contributed by atoms with Gasteiger partial charge in [-0.15, -0.1) is 0 Å². The van der Waals surface area contributed by atoms with E-state index < -0.39 is 0 Å². The topological polar surface area (TPSA) is 88.2 Å². The maximum Gasteiger partial charge on any atom is 0.257 e. The molecule has 0 unspecified atom stereocenters. The highest BCUT2D eigenvalue weighted by Crippen LogP contribution is 2.26.